The Balaban J connectivity index is 1.85. The molecular formula is C18H15F3N4O3. The number of amides is 1. The third kappa shape index (κ3) is 4.12. The Bertz CT molecular complexity index is 984. The normalized spacial score (nSPS) is 11.4. The molecule has 0 aliphatic rings. The van der Waals surface area contributed by atoms with Gasteiger partial charge in [0, 0.05) is 24.6 Å². The second-order valence-electron chi connectivity index (χ2n) is 5.80. The summed E-state index contributed by atoms with van der Waals surface area (Å²) in [5, 5.41) is 25.2. The van der Waals surface area contributed by atoms with E-state index in [1.165, 1.54) is 0 Å². The highest BCUT2D eigenvalue weighted by Crippen LogP contribution is 2.33. The van der Waals surface area contributed by atoms with Gasteiger partial charge in [-0.2, -0.15) is 23.0 Å². The van der Waals surface area contributed by atoms with Crippen LogP contribution in [-0.4, -0.2) is 37.5 Å². The predicted molar refractivity (Wildman–Crippen MR) is 93.2 cm³/mol. The van der Waals surface area contributed by atoms with E-state index in [1.807, 2.05) is 0 Å². The maximum absolute atomic E-state index is 13.1. The van der Waals surface area contributed by atoms with Crippen LogP contribution in [0.15, 0.2) is 48.7 Å². The summed E-state index contributed by atoms with van der Waals surface area (Å²) in [5.41, 5.74) is -0.0812. The minimum absolute atomic E-state index is 0.00411. The molecule has 2 heterocycles. The van der Waals surface area contributed by atoms with Crippen LogP contribution < -0.4 is 5.32 Å². The zero-order chi connectivity index (χ0) is 20.3. The average Bonchev–Trinajstić information content (AvgIpc) is 3.05. The molecule has 7 nitrogen and oxygen atoms in total. The van der Waals surface area contributed by atoms with Crippen LogP contribution in [0.5, 0.6) is 5.88 Å². The van der Waals surface area contributed by atoms with E-state index in [-0.39, 0.29) is 12.3 Å². The fourth-order valence-electron chi connectivity index (χ4n) is 2.50. The van der Waals surface area contributed by atoms with Crippen LogP contribution in [0.4, 0.5) is 18.9 Å². The molecule has 10 heteroatoms. The van der Waals surface area contributed by atoms with Gasteiger partial charge in [-0.25, -0.2) is 4.98 Å². The number of anilines is 1. The van der Waals surface area contributed by atoms with Crippen molar-refractivity contribution in [2.45, 2.75) is 12.6 Å². The maximum Gasteiger partial charge on any atom is 0.420 e. The first kappa shape index (κ1) is 19.4. The van der Waals surface area contributed by atoms with Crippen molar-refractivity contribution < 1.29 is 28.2 Å². The third-order valence-corrected chi connectivity index (χ3v) is 3.83. The molecule has 146 valence electrons. The Hall–Kier alpha value is -3.40. The lowest BCUT2D eigenvalue weighted by atomic mass is 10.1. The first-order valence-corrected chi connectivity index (χ1v) is 8.12. The molecule has 3 rings (SSSR count). The Morgan fingerprint density at radius 2 is 1.89 bits per heavy atom. The summed E-state index contributed by atoms with van der Waals surface area (Å²) >= 11 is 0. The Morgan fingerprint density at radius 1 is 1.18 bits per heavy atom. The Kier molecular flexibility index (Phi) is 5.32. The SMILES string of the molecule is O=C(Nc1ccc(CCO)cc1)c1cc(O)n(-c2ncccc2C(F)(F)F)n1. The van der Waals surface area contributed by atoms with Gasteiger partial charge in [-0.1, -0.05) is 12.1 Å². The number of rotatable bonds is 5. The standard InChI is InChI=1S/C18H15F3N4O3/c19-18(20,21)13-2-1-8-22-16(13)25-15(27)10-14(24-25)17(28)23-12-5-3-11(4-6-12)7-9-26/h1-6,8,10,26-27H,7,9H2,(H,23,28). The van der Waals surface area contributed by atoms with Gasteiger partial charge in [0.05, 0.1) is 0 Å². The van der Waals surface area contributed by atoms with E-state index in [0.29, 0.717) is 16.8 Å². The Labute approximate surface area is 157 Å². The van der Waals surface area contributed by atoms with Crippen molar-refractivity contribution in [1.29, 1.82) is 0 Å². The highest BCUT2D eigenvalue weighted by Gasteiger charge is 2.35. The molecule has 0 unspecified atom stereocenters. The van der Waals surface area contributed by atoms with Crippen molar-refractivity contribution in [2.24, 2.45) is 0 Å². The van der Waals surface area contributed by atoms with Crippen molar-refractivity contribution in [2.75, 3.05) is 11.9 Å². The number of aromatic hydroxyl groups is 1. The van der Waals surface area contributed by atoms with Gasteiger partial charge < -0.3 is 15.5 Å². The number of aliphatic hydroxyl groups is 1. The smallest absolute Gasteiger partial charge is 0.420 e. The molecule has 3 aromatic rings. The van der Waals surface area contributed by atoms with E-state index < -0.39 is 29.3 Å². The van der Waals surface area contributed by atoms with E-state index in [4.69, 9.17) is 5.11 Å². The summed E-state index contributed by atoms with van der Waals surface area (Å²) in [6.45, 7) is -0.00411. The van der Waals surface area contributed by atoms with Gasteiger partial charge in [-0.3, -0.25) is 4.79 Å². The maximum atomic E-state index is 13.1. The van der Waals surface area contributed by atoms with E-state index in [1.54, 1.807) is 24.3 Å². The lowest BCUT2D eigenvalue weighted by Gasteiger charge is -2.11. The number of hydrogen-bond donors (Lipinski definition) is 3. The van der Waals surface area contributed by atoms with Gasteiger partial charge in [0.1, 0.15) is 5.56 Å². The molecule has 0 saturated carbocycles. The van der Waals surface area contributed by atoms with E-state index in [9.17, 15) is 23.1 Å². The minimum atomic E-state index is -4.71. The molecule has 0 atom stereocenters. The number of hydrogen-bond acceptors (Lipinski definition) is 5. The molecule has 2 aromatic heterocycles. The van der Waals surface area contributed by atoms with Crippen molar-refractivity contribution in [3.05, 3.63) is 65.5 Å². The first-order valence-electron chi connectivity index (χ1n) is 8.12. The number of alkyl halides is 3. The van der Waals surface area contributed by atoms with E-state index in [2.05, 4.69) is 15.4 Å². The second-order valence-corrected chi connectivity index (χ2v) is 5.80. The van der Waals surface area contributed by atoms with E-state index >= 15 is 0 Å². The predicted octanol–water partition coefficient (Wildman–Crippen LogP) is 2.78. The minimum Gasteiger partial charge on any atom is -0.493 e. The molecule has 0 radical (unpaired) electrons. The van der Waals surface area contributed by atoms with Crippen molar-refractivity contribution in [1.82, 2.24) is 14.8 Å². The summed E-state index contributed by atoms with van der Waals surface area (Å²) in [6, 6.07) is 9.51. The number of nitrogens with zero attached hydrogens (tertiary/aromatic N) is 3. The molecule has 0 aliphatic heterocycles. The third-order valence-electron chi connectivity index (χ3n) is 3.83. The summed E-state index contributed by atoms with van der Waals surface area (Å²) in [6.07, 6.45) is -3.11. The van der Waals surface area contributed by atoms with Crippen LogP contribution in [0, 0.1) is 0 Å². The lowest BCUT2D eigenvalue weighted by Crippen LogP contribution is -2.15. The van der Waals surface area contributed by atoms with Crippen LogP contribution in [-0.2, 0) is 12.6 Å². The molecular weight excluding hydrogens is 377 g/mol. The Morgan fingerprint density at radius 3 is 2.54 bits per heavy atom. The average molecular weight is 392 g/mol. The monoisotopic (exact) mass is 392 g/mol. The van der Waals surface area contributed by atoms with E-state index in [0.717, 1.165) is 30.0 Å². The number of nitrogens with one attached hydrogen (secondary N) is 1. The zero-order valence-corrected chi connectivity index (χ0v) is 14.3. The summed E-state index contributed by atoms with van der Waals surface area (Å²) in [7, 11) is 0. The fourth-order valence-corrected chi connectivity index (χ4v) is 2.50. The number of aromatic nitrogens is 3. The number of pyridine rings is 1. The number of halogens is 3. The highest BCUT2D eigenvalue weighted by molar-refractivity contribution is 6.03. The number of carbonyl (C=O) groups is 1. The largest absolute Gasteiger partial charge is 0.493 e. The number of aliphatic hydroxyl groups excluding tert-OH is 1. The van der Waals surface area contributed by atoms with Crippen molar-refractivity contribution in [3.8, 4) is 11.7 Å². The van der Waals surface area contributed by atoms with Gasteiger partial charge in [0.25, 0.3) is 5.91 Å². The molecule has 0 saturated heterocycles. The van der Waals surface area contributed by atoms with Gasteiger partial charge in [-0.05, 0) is 36.2 Å². The van der Waals surface area contributed by atoms with Gasteiger partial charge in [0.2, 0.25) is 5.88 Å². The van der Waals surface area contributed by atoms with Gasteiger partial charge >= 0.3 is 6.18 Å². The van der Waals surface area contributed by atoms with Crippen molar-refractivity contribution >= 4 is 11.6 Å². The van der Waals surface area contributed by atoms with Crippen LogP contribution in [0.1, 0.15) is 21.6 Å². The molecule has 1 amide bonds. The molecule has 0 bridgehead atoms. The lowest BCUT2D eigenvalue weighted by molar-refractivity contribution is -0.137. The highest BCUT2D eigenvalue weighted by atomic mass is 19.4. The van der Waals surface area contributed by atoms with Crippen molar-refractivity contribution in [3.63, 3.8) is 0 Å². The van der Waals surface area contributed by atoms with Crippen LogP contribution in [0.2, 0.25) is 0 Å². The molecule has 0 fully saturated rings. The second kappa shape index (κ2) is 7.69. The van der Waals surface area contributed by atoms with Gasteiger partial charge in [-0.15, -0.1) is 0 Å². The van der Waals surface area contributed by atoms with Crippen LogP contribution in [0.3, 0.4) is 0 Å². The van der Waals surface area contributed by atoms with Crippen LogP contribution in [0.25, 0.3) is 5.82 Å². The summed E-state index contributed by atoms with van der Waals surface area (Å²) < 4.78 is 40.0. The summed E-state index contributed by atoms with van der Waals surface area (Å²) in [5.74, 6) is -2.01. The quantitative estimate of drug-likeness (QED) is 0.620. The molecule has 1 aromatic carbocycles. The first-order chi connectivity index (χ1) is 13.3. The molecule has 28 heavy (non-hydrogen) atoms. The molecule has 3 N–H and O–H groups in total. The molecule has 0 spiro atoms. The fraction of sp³-hybridized carbons (Fsp3) is 0.167. The van der Waals surface area contributed by atoms with Crippen LogP contribution >= 0.6 is 0 Å². The topological polar surface area (TPSA) is 100 Å². The summed E-state index contributed by atoms with van der Waals surface area (Å²) in [4.78, 5) is 16.0. The van der Waals surface area contributed by atoms with Gasteiger partial charge in [0.15, 0.2) is 11.5 Å². The molecule has 0 aliphatic carbocycles. The number of benzene rings is 1. The zero-order valence-electron chi connectivity index (χ0n) is 14.3. The number of carbonyl (C=O) groups excluding carboxylic acids is 1.